The van der Waals surface area contributed by atoms with Crippen molar-refractivity contribution in [3.05, 3.63) is 0 Å². The smallest absolute Gasteiger partial charge is 0.0590 e. The van der Waals surface area contributed by atoms with Crippen LogP contribution in [-0.2, 0) is 4.74 Å². The van der Waals surface area contributed by atoms with Crippen molar-refractivity contribution in [3.63, 3.8) is 0 Å². The first-order chi connectivity index (χ1) is 7.16. The van der Waals surface area contributed by atoms with Gasteiger partial charge >= 0.3 is 0 Å². The fraction of sp³-hybridized carbons (Fsp3) is 1.00. The molecule has 2 heteroatoms. The highest BCUT2D eigenvalue weighted by molar-refractivity contribution is 4.61. The molecule has 0 radical (unpaired) electrons. The fourth-order valence-corrected chi connectivity index (χ4v) is 1.56. The lowest BCUT2D eigenvalue weighted by Gasteiger charge is -2.14. The molecule has 1 unspecified atom stereocenters. The van der Waals surface area contributed by atoms with E-state index in [-0.39, 0.29) is 0 Å². The summed E-state index contributed by atoms with van der Waals surface area (Å²) in [6, 6.07) is 0.633. The summed E-state index contributed by atoms with van der Waals surface area (Å²) >= 11 is 0. The van der Waals surface area contributed by atoms with E-state index >= 15 is 0 Å². The highest BCUT2D eigenvalue weighted by Crippen LogP contribution is 2.07. The van der Waals surface area contributed by atoms with E-state index in [2.05, 4.69) is 33.0 Å². The summed E-state index contributed by atoms with van der Waals surface area (Å²) in [6.45, 7) is 11.7. The maximum Gasteiger partial charge on any atom is 0.0590 e. The largest absolute Gasteiger partial charge is 0.380 e. The van der Waals surface area contributed by atoms with E-state index in [1.54, 1.807) is 0 Å². The lowest BCUT2D eigenvalue weighted by atomic mass is 10.0. The molecule has 0 spiro atoms. The number of hydrogen-bond donors (Lipinski definition) is 1. The second-order valence-electron chi connectivity index (χ2n) is 4.79. The lowest BCUT2D eigenvalue weighted by molar-refractivity contribution is 0.134. The molecule has 0 aliphatic heterocycles. The van der Waals surface area contributed by atoms with Crippen LogP contribution >= 0.6 is 0 Å². The highest BCUT2D eigenvalue weighted by atomic mass is 16.5. The molecule has 0 aliphatic carbocycles. The molecule has 0 aromatic rings. The van der Waals surface area contributed by atoms with Gasteiger partial charge in [0.15, 0.2) is 0 Å². The Labute approximate surface area is 95.8 Å². The number of hydrogen-bond acceptors (Lipinski definition) is 2. The van der Waals surface area contributed by atoms with Gasteiger partial charge in [-0.25, -0.2) is 0 Å². The van der Waals surface area contributed by atoms with Gasteiger partial charge in [0.2, 0.25) is 0 Å². The molecule has 0 saturated heterocycles. The van der Waals surface area contributed by atoms with Crippen molar-refractivity contribution in [2.45, 2.75) is 59.4 Å². The molecule has 0 rings (SSSR count). The molecule has 0 amide bonds. The van der Waals surface area contributed by atoms with Crippen LogP contribution in [-0.4, -0.2) is 25.8 Å². The van der Waals surface area contributed by atoms with Crippen LogP contribution in [0.2, 0.25) is 0 Å². The second-order valence-corrected chi connectivity index (χ2v) is 4.79. The van der Waals surface area contributed by atoms with Crippen LogP contribution < -0.4 is 5.32 Å². The Kier molecular flexibility index (Phi) is 10.4. The van der Waals surface area contributed by atoms with E-state index in [4.69, 9.17) is 4.74 Å². The maximum absolute atomic E-state index is 5.41. The Hall–Kier alpha value is -0.0800. The Balaban J connectivity index is 3.15. The molecule has 15 heavy (non-hydrogen) atoms. The molecule has 1 atom stereocenters. The third kappa shape index (κ3) is 11.8. The maximum atomic E-state index is 5.41. The van der Waals surface area contributed by atoms with E-state index < -0.39 is 0 Å². The zero-order chi connectivity index (χ0) is 11.5. The SMILES string of the molecule is CCCOCCNC(C)CCCC(C)C. The highest BCUT2D eigenvalue weighted by Gasteiger charge is 2.01. The summed E-state index contributed by atoms with van der Waals surface area (Å²) in [4.78, 5) is 0. The quantitative estimate of drug-likeness (QED) is 0.565. The summed E-state index contributed by atoms with van der Waals surface area (Å²) in [7, 11) is 0. The van der Waals surface area contributed by atoms with Crippen molar-refractivity contribution in [2.24, 2.45) is 5.92 Å². The van der Waals surface area contributed by atoms with E-state index in [9.17, 15) is 0 Å². The normalized spacial score (nSPS) is 13.4. The molecule has 0 heterocycles. The van der Waals surface area contributed by atoms with Gasteiger partial charge in [-0.1, -0.05) is 33.6 Å². The summed E-state index contributed by atoms with van der Waals surface area (Å²) in [5, 5.41) is 3.49. The molecular weight excluding hydrogens is 186 g/mol. The van der Waals surface area contributed by atoms with Gasteiger partial charge < -0.3 is 10.1 Å². The van der Waals surface area contributed by atoms with Gasteiger partial charge in [-0.2, -0.15) is 0 Å². The molecule has 1 N–H and O–H groups in total. The minimum absolute atomic E-state index is 0.633. The number of rotatable bonds is 10. The van der Waals surface area contributed by atoms with Crippen LogP contribution in [0.5, 0.6) is 0 Å². The lowest BCUT2D eigenvalue weighted by Crippen LogP contribution is -2.29. The van der Waals surface area contributed by atoms with E-state index in [1.807, 2.05) is 0 Å². The molecule has 0 aliphatic rings. The molecule has 2 nitrogen and oxygen atoms in total. The zero-order valence-electron chi connectivity index (χ0n) is 11.0. The average molecular weight is 215 g/mol. The van der Waals surface area contributed by atoms with Crippen LogP contribution in [0, 0.1) is 5.92 Å². The Morgan fingerprint density at radius 2 is 1.80 bits per heavy atom. The van der Waals surface area contributed by atoms with Gasteiger partial charge in [-0.3, -0.25) is 0 Å². The number of ether oxygens (including phenoxy) is 1. The minimum Gasteiger partial charge on any atom is -0.380 e. The zero-order valence-corrected chi connectivity index (χ0v) is 11.0. The van der Waals surface area contributed by atoms with Gasteiger partial charge in [-0.05, 0) is 25.7 Å². The van der Waals surface area contributed by atoms with Gasteiger partial charge in [0.25, 0.3) is 0 Å². The van der Waals surface area contributed by atoms with Gasteiger partial charge in [0.1, 0.15) is 0 Å². The molecule has 0 aromatic carbocycles. The summed E-state index contributed by atoms with van der Waals surface area (Å²) in [6.07, 6.45) is 5.08. The van der Waals surface area contributed by atoms with E-state index in [0.717, 1.165) is 32.1 Å². The molecule has 0 aromatic heterocycles. The average Bonchev–Trinajstić information content (AvgIpc) is 2.17. The van der Waals surface area contributed by atoms with E-state index in [1.165, 1.54) is 19.3 Å². The topological polar surface area (TPSA) is 21.3 Å². The number of nitrogens with one attached hydrogen (secondary N) is 1. The first kappa shape index (κ1) is 14.9. The standard InChI is InChI=1S/C13H29NO/c1-5-10-15-11-9-14-13(4)8-6-7-12(2)3/h12-14H,5-11H2,1-4H3. The third-order valence-electron chi connectivity index (χ3n) is 2.51. The molecular formula is C13H29NO. The molecule has 0 bridgehead atoms. The van der Waals surface area contributed by atoms with Crippen LogP contribution in [0.4, 0.5) is 0 Å². The van der Waals surface area contributed by atoms with Crippen LogP contribution in [0.3, 0.4) is 0 Å². The van der Waals surface area contributed by atoms with Crippen LogP contribution in [0.1, 0.15) is 53.4 Å². The van der Waals surface area contributed by atoms with Gasteiger partial charge in [-0.15, -0.1) is 0 Å². The van der Waals surface area contributed by atoms with Crippen molar-refractivity contribution in [2.75, 3.05) is 19.8 Å². The van der Waals surface area contributed by atoms with Crippen molar-refractivity contribution >= 4 is 0 Å². The summed E-state index contributed by atoms with van der Waals surface area (Å²) in [5.41, 5.74) is 0. The van der Waals surface area contributed by atoms with Crippen molar-refractivity contribution in [1.82, 2.24) is 5.32 Å². The third-order valence-corrected chi connectivity index (χ3v) is 2.51. The van der Waals surface area contributed by atoms with Gasteiger partial charge in [0, 0.05) is 19.2 Å². The Morgan fingerprint density at radius 1 is 1.07 bits per heavy atom. The second kappa shape index (κ2) is 10.4. The Bertz CT molecular complexity index is 126. The monoisotopic (exact) mass is 215 g/mol. The predicted octanol–water partition coefficient (Wildman–Crippen LogP) is 3.22. The fourth-order valence-electron chi connectivity index (χ4n) is 1.56. The molecule has 0 saturated carbocycles. The van der Waals surface area contributed by atoms with Crippen molar-refractivity contribution in [1.29, 1.82) is 0 Å². The van der Waals surface area contributed by atoms with Gasteiger partial charge in [0.05, 0.1) is 6.61 Å². The summed E-state index contributed by atoms with van der Waals surface area (Å²) in [5.74, 6) is 0.838. The van der Waals surface area contributed by atoms with E-state index in [0.29, 0.717) is 6.04 Å². The van der Waals surface area contributed by atoms with Crippen molar-refractivity contribution in [3.8, 4) is 0 Å². The predicted molar refractivity (Wildman–Crippen MR) is 67.3 cm³/mol. The van der Waals surface area contributed by atoms with Crippen molar-refractivity contribution < 1.29 is 4.74 Å². The molecule has 0 fully saturated rings. The first-order valence-electron chi connectivity index (χ1n) is 6.48. The molecule has 92 valence electrons. The van der Waals surface area contributed by atoms with Crippen LogP contribution in [0.25, 0.3) is 0 Å². The van der Waals surface area contributed by atoms with Crippen LogP contribution in [0.15, 0.2) is 0 Å². The first-order valence-corrected chi connectivity index (χ1v) is 6.48. The summed E-state index contributed by atoms with van der Waals surface area (Å²) < 4.78 is 5.41. The Morgan fingerprint density at radius 3 is 2.40 bits per heavy atom. The minimum atomic E-state index is 0.633.